The molecule has 30 heavy (non-hydrogen) atoms. The van der Waals surface area contributed by atoms with Gasteiger partial charge in [-0.2, -0.15) is 0 Å². The van der Waals surface area contributed by atoms with Crippen LogP contribution in [0.15, 0.2) is 54.6 Å². The highest BCUT2D eigenvalue weighted by Gasteiger charge is 2.31. The third-order valence-corrected chi connectivity index (χ3v) is 6.07. The van der Waals surface area contributed by atoms with Gasteiger partial charge in [-0.25, -0.2) is 0 Å². The fourth-order valence-corrected chi connectivity index (χ4v) is 4.47. The second-order valence-electron chi connectivity index (χ2n) is 8.12. The van der Waals surface area contributed by atoms with Gasteiger partial charge in [-0.1, -0.05) is 62.6 Å². The first kappa shape index (κ1) is 20.4. The molecule has 4 nitrogen and oxygen atoms in total. The van der Waals surface area contributed by atoms with Crippen LogP contribution in [0.25, 0.3) is 10.9 Å². The Morgan fingerprint density at radius 2 is 1.77 bits per heavy atom. The van der Waals surface area contributed by atoms with Gasteiger partial charge in [0.15, 0.2) is 0 Å². The van der Waals surface area contributed by atoms with Gasteiger partial charge in [0, 0.05) is 16.6 Å². The molecule has 1 atom stereocenters. The van der Waals surface area contributed by atoms with E-state index in [2.05, 4.69) is 13.0 Å². The van der Waals surface area contributed by atoms with E-state index < -0.39 is 0 Å². The fourth-order valence-electron chi connectivity index (χ4n) is 4.47. The summed E-state index contributed by atoms with van der Waals surface area (Å²) in [6, 6.07) is 17.4. The molecule has 0 saturated carbocycles. The van der Waals surface area contributed by atoms with E-state index in [-0.39, 0.29) is 17.8 Å². The van der Waals surface area contributed by atoms with Crippen molar-refractivity contribution in [1.29, 1.82) is 0 Å². The van der Waals surface area contributed by atoms with E-state index in [9.17, 15) is 9.59 Å². The Bertz CT molecular complexity index is 1040. The van der Waals surface area contributed by atoms with Crippen LogP contribution in [0.3, 0.4) is 0 Å². The van der Waals surface area contributed by atoms with Crippen LogP contribution in [0.2, 0.25) is 0 Å². The predicted octanol–water partition coefficient (Wildman–Crippen LogP) is 5.56. The van der Waals surface area contributed by atoms with Gasteiger partial charge in [-0.15, -0.1) is 0 Å². The van der Waals surface area contributed by atoms with Gasteiger partial charge in [-0.05, 0) is 49.4 Å². The van der Waals surface area contributed by atoms with Crippen molar-refractivity contribution < 1.29 is 14.3 Å². The zero-order chi connectivity index (χ0) is 20.9. The molecule has 0 spiro atoms. The predicted molar refractivity (Wildman–Crippen MR) is 119 cm³/mol. The largest absolute Gasteiger partial charge is 0.465 e. The highest BCUT2D eigenvalue weighted by atomic mass is 16.5. The summed E-state index contributed by atoms with van der Waals surface area (Å²) < 4.78 is 7.42. The highest BCUT2D eigenvalue weighted by molar-refractivity contribution is 6.04. The van der Waals surface area contributed by atoms with Crippen molar-refractivity contribution in [2.75, 3.05) is 6.61 Å². The van der Waals surface area contributed by atoms with Gasteiger partial charge in [0.1, 0.15) is 0 Å². The zero-order valence-electron chi connectivity index (χ0n) is 17.6. The first-order valence-electron chi connectivity index (χ1n) is 11.1. The lowest BCUT2D eigenvalue weighted by atomic mass is 9.86. The lowest BCUT2D eigenvalue weighted by Crippen LogP contribution is -2.26. The van der Waals surface area contributed by atoms with Crippen molar-refractivity contribution in [3.8, 4) is 0 Å². The monoisotopic (exact) mass is 403 g/mol. The molecule has 4 rings (SSSR count). The van der Waals surface area contributed by atoms with Crippen LogP contribution < -0.4 is 0 Å². The van der Waals surface area contributed by atoms with Gasteiger partial charge >= 0.3 is 5.97 Å². The third-order valence-electron chi connectivity index (χ3n) is 6.07. The molecule has 0 bridgehead atoms. The number of nitrogens with zero attached hydrogens (tertiary/aromatic N) is 1. The van der Waals surface area contributed by atoms with Gasteiger partial charge in [-0.3, -0.25) is 14.2 Å². The summed E-state index contributed by atoms with van der Waals surface area (Å²) in [7, 11) is 0. The summed E-state index contributed by atoms with van der Waals surface area (Å²) in [6.45, 7) is 2.68. The summed E-state index contributed by atoms with van der Waals surface area (Å²) in [5, 5.41) is 1.07. The molecule has 2 aromatic carbocycles. The van der Waals surface area contributed by atoms with Crippen LogP contribution in [0.4, 0.5) is 0 Å². The van der Waals surface area contributed by atoms with E-state index in [1.807, 2.05) is 53.1 Å². The molecule has 4 heteroatoms. The zero-order valence-corrected chi connectivity index (χ0v) is 17.6. The van der Waals surface area contributed by atoms with E-state index in [0.29, 0.717) is 25.0 Å². The van der Waals surface area contributed by atoms with Crippen molar-refractivity contribution in [2.24, 2.45) is 5.92 Å². The standard InChI is InChI=1S/C26H29NO3/c1-2-3-4-10-17-30-26(29)20-15-16-24-22(18-20)21-13-8-9-14-23(21)27(24)25(28)19-11-6-5-7-12-19/h5-9,11-14,20H,2-4,10,15-18H2,1H3. The Labute approximate surface area is 177 Å². The average molecular weight is 404 g/mol. The fraction of sp³-hybridized carbons (Fsp3) is 0.385. The Morgan fingerprint density at radius 1 is 1.00 bits per heavy atom. The minimum atomic E-state index is -0.130. The van der Waals surface area contributed by atoms with Crippen molar-refractivity contribution >= 4 is 22.8 Å². The van der Waals surface area contributed by atoms with Crippen molar-refractivity contribution in [3.63, 3.8) is 0 Å². The Balaban J connectivity index is 1.58. The first-order chi connectivity index (χ1) is 14.7. The summed E-state index contributed by atoms with van der Waals surface area (Å²) in [6.07, 6.45) is 6.45. The Morgan fingerprint density at radius 3 is 2.57 bits per heavy atom. The molecule has 3 aromatic rings. The lowest BCUT2D eigenvalue weighted by Gasteiger charge is -2.22. The molecule has 0 N–H and O–H groups in total. The maximum Gasteiger partial charge on any atom is 0.309 e. The summed E-state index contributed by atoms with van der Waals surface area (Å²) in [5.41, 5.74) is 3.76. The first-order valence-corrected chi connectivity index (χ1v) is 11.1. The van der Waals surface area contributed by atoms with Crippen molar-refractivity contribution in [2.45, 2.75) is 51.9 Å². The number of hydrogen-bond donors (Lipinski definition) is 0. The molecule has 156 valence electrons. The van der Waals surface area contributed by atoms with Crippen LogP contribution in [0, 0.1) is 5.92 Å². The van der Waals surface area contributed by atoms with Crippen LogP contribution >= 0.6 is 0 Å². The number of fused-ring (bicyclic) bond motifs is 3. The summed E-state index contributed by atoms with van der Waals surface area (Å²) in [5.74, 6) is -0.233. The number of ether oxygens (including phenoxy) is 1. The number of rotatable bonds is 7. The lowest BCUT2D eigenvalue weighted by molar-refractivity contribution is -0.149. The average Bonchev–Trinajstić information content (AvgIpc) is 3.12. The molecule has 1 aliphatic rings. The van der Waals surface area contributed by atoms with Crippen LogP contribution in [0.5, 0.6) is 0 Å². The number of para-hydroxylation sites is 1. The molecule has 1 heterocycles. The molecule has 0 fully saturated rings. The van der Waals surface area contributed by atoms with Crippen molar-refractivity contribution in [3.05, 3.63) is 71.4 Å². The maximum atomic E-state index is 13.3. The third kappa shape index (κ3) is 4.04. The van der Waals surface area contributed by atoms with E-state index in [0.717, 1.165) is 41.4 Å². The number of benzene rings is 2. The minimum absolute atomic E-state index is 0.00926. The second kappa shape index (κ2) is 9.29. The number of esters is 1. The van der Waals surface area contributed by atoms with Gasteiger partial charge < -0.3 is 4.74 Å². The maximum absolute atomic E-state index is 13.3. The van der Waals surface area contributed by atoms with Gasteiger partial charge in [0.05, 0.1) is 18.0 Å². The van der Waals surface area contributed by atoms with Crippen molar-refractivity contribution in [1.82, 2.24) is 4.57 Å². The molecule has 0 amide bonds. The molecule has 1 aliphatic carbocycles. The Hall–Kier alpha value is -2.88. The second-order valence-corrected chi connectivity index (χ2v) is 8.12. The molecular formula is C26H29NO3. The Kier molecular flexibility index (Phi) is 6.32. The number of hydrogen-bond acceptors (Lipinski definition) is 3. The molecule has 1 unspecified atom stereocenters. The minimum Gasteiger partial charge on any atom is -0.465 e. The highest BCUT2D eigenvalue weighted by Crippen LogP contribution is 2.35. The molecule has 0 radical (unpaired) electrons. The number of unbranched alkanes of at least 4 members (excludes halogenated alkanes) is 3. The smallest absolute Gasteiger partial charge is 0.309 e. The number of carbonyl (C=O) groups excluding carboxylic acids is 2. The van der Waals surface area contributed by atoms with Crippen LogP contribution in [-0.4, -0.2) is 23.1 Å². The van der Waals surface area contributed by atoms with Crippen LogP contribution in [-0.2, 0) is 22.4 Å². The number of aromatic nitrogens is 1. The molecule has 0 saturated heterocycles. The van der Waals surface area contributed by atoms with E-state index in [1.165, 1.54) is 12.8 Å². The van der Waals surface area contributed by atoms with E-state index >= 15 is 0 Å². The molecule has 0 aliphatic heterocycles. The summed E-state index contributed by atoms with van der Waals surface area (Å²) in [4.78, 5) is 26.0. The van der Waals surface area contributed by atoms with E-state index in [1.54, 1.807) is 0 Å². The topological polar surface area (TPSA) is 48.3 Å². The van der Waals surface area contributed by atoms with Gasteiger partial charge in [0.2, 0.25) is 0 Å². The normalized spacial score (nSPS) is 15.7. The molecule has 1 aromatic heterocycles. The summed E-state index contributed by atoms with van der Waals surface area (Å²) >= 11 is 0. The SMILES string of the molecule is CCCCCCOC(=O)C1CCc2c(c3ccccc3n2C(=O)c2ccccc2)C1. The van der Waals surface area contributed by atoms with Crippen LogP contribution in [0.1, 0.15) is 60.6 Å². The quantitative estimate of drug-likeness (QED) is 0.383. The number of carbonyl (C=O) groups is 2. The molecular weight excluding hydrogens is 374 g/mol. The van der Waals surface area contributed by atoms with E-state index in [4.69, 9.17) is 4.74 Å². The van der Waals surface area contributed by atoms with Gasteiger partial charge in [0.25, 0.3) is 5.91 Å².